The standard InChI is InChI=1S/C18H24ClN3O3/c1-9(2)15(21-17(24)11-5-3-4-6-12(11)19)18(25)22-8-10-7-13(23)16(22)14(10)20/h3-6,9-10,13-16,23H,7-8,20H2,1-2H3,(H,21,24)/t10-,13+,14-,15?,16-/m0/s1. The van der Waals surface area contributed by atoms with E-state index in [1.54, 1.807) is 29.2 Å². The predicted molar refractivity (Wildman–Crippen MR) is 95.1 cm³/mol. The molecule has 1 saturated carbocycles. The van der Waals surface area contributed by atoms with Gasteiger partial charge < -0.3 is 21.1 Å². The second-order valence-corrected chi connectivity index (χ2v) is 7.70. The normalized spacial score (nSPS) is 29.1. The summed E-state index contributed by atoms with van der Waals surface area (Å²) in [5, 5.41) is 13.3. The summed E-state index contributed by atoms with van der Waals surface area (Å²) in [5.74, 6) is -0.563. The van der Waals surface area contributed by atoms with Gasteiger partial charge in [-0.3, -0.25) is 9.59 Å². The van der Waals surface area contributed by atoms with E-state index >= 15 is 0 Å². The predicted octanol–water partition coefficient (Wildman–Crippen LogP) is 1.01. The fraction of sp³-hybridized carbons (Fsp3) is 0.556. The molecule has 1 saturated heterocycles. The second-order valence-electron chi connectivity index (χ2n) is 7.30. The Labute approximate surface area is 152 Å². The lowest BCUT2D eigenvalue weighted by Gasteiger charge is -2.35. The van der Waals surface area contributed by atoms with Crippen molar-refractivity contribution in [1.29, 1.82) is 0 Å². The van der Waals surface area contributed by atoms with Crippen LogP contribution in [-0.4, -0.2) is 52.6 Å². The number of nitrogens with zero attached hydrogens (tertiary/aromatic N) is 1. The molecule has 6 nitrogen and oxygen atoms in total. The zero-order valence-corrected chi connectivity index (χ0v) is 15.1. The summed E-state index contributed by atoms with van der Waals surface area (Å²) in [6.07, 6.45) is 0.0401. The molecular weight excluding hydrogens is 342 g/mol. The molecule has 0 aromatic heterocycles. The third-order valence-corrected chi connectivity index (χ3v) is 5.62. The third kappa shape index (κ3) is 3.26. The molecule has 1 aliphatic heterocycles. The highest BCUT2D eigenvalue weighted by Gasteiger charge is 2.53. The maximum absolute atomic E-state index is 13.0. The number of hydrogen-bond donors (Lipinski definition) is 3. The first-order valence-corrected chi connectivity index (χ1v) is 8.98. The van der Waals surface area contributed by atoms with Gasteiger partial charge in [-0.15, -0.1) is 0 Å². The van der Waals surface area contributed by atoms with Gasteiger partial charge in [0.1, 0.15) is 6.04 Å². The van der Waals surface area contributed by atoms with Gasteiger partial charge in [-0.1, -0.05) is 37.6 Å². The van der Waals surface area contributed by atoms with E-state index in [0.717, 1.165) is 0 Å². The highest BCUT2D eigenvalue weighted by atomic mass is 35.5. The quantitative estimate of drug-likeness (QED) is 0.742. The van der Waals surface area contributed by atoms with Gasteiger partial charge in [-0.05, 0) is 30.4 Å². The monoisotopic (exact) mass is 365 g/mol. The molecule has 25 heavy (non-hydrogen) atoms. The molecule has 136 valence electrons. The van der Waals surface area contributed by atoms with Crippen LogP contribution in [-0.2, 0) is 4.79 Å². The van der Waals surface area contributed by atoms with E-state index in [2.05, 4.69) is 5.32 Å². The molecule has 1 aromatic rings. The van der Waals surface area contributed by atoms with Crippen LogP contribution in [0.5, 0.6) is 0 Å². The molecule has 7 heteroatoms. The smallest absolute Gasteiger partial charge is 0.253 e. The first-order chi connectivity index (χ1) is 11.8. The van der Waals surface area contributed by atoms with Gasteiger partial charge in [0, 0.05) is 12.6 Å². The van der Waals surface area contributed by atoms with Crippen molar-refractivity contribution in [2.75, 3.05) is 6.54 Å². The molecule has 2 amide bonds. The molecular formula is C18H24ClN3O3. The Hall–Kier alpha value is -1.63. The fourth-order valence-corrected chi connectivity index (χ4v) is 4.14. The Kier molecular flexibility index (Phi) is 5.04. The Morgan fingerprint density at radius 2 is 2.04 bits per heavy atom. The Morgan fingerprint density at radius 1 is 1.36 bits per heavy atom. The van der Waals surface area contributed by atoms with Crippen molar-refractivity contribution >= 4 is 23.4 Å². The van der Waals surface area contributed by atoms with Crippen molar-refractivity contribution in [3.8, 4) is 0 Å². The minimum atomic E-state index is -0.692. The zero-order chi connectivity index (χ0) is 18.3. The van der Waals surface area contributed by atoms with Crippen LogP contribution in [0, 0.1) is 11.8 Å². The van der Waals surface area contributed by atoms with Crippen molar-refractivity contribution in [2.45, 2.75) is 44.5 Å². The minimum Gasteiger partial charge on any atom is -0.391 e. The lowest BCUT2D eigenvalue weighted by Crippen LogP contribution is -2.56. The Bertz CT molecular complexity index is 681. The maximum Gasteiger partial charge on any atom is 0.253 e. The average Bonchev–Trinajstić information content (AvgIpc) is 3.02. The molecule has 2 aliphatic rings. The largest absolute Gasteiger partial charge is 0.391 e. The summed E-state index contributed by atoms with van der Waals surface area (Å²) < 4.78 is 0. The van der Waals surface area contributed by atoms with Gasteiger partial charge in [0.25, 0.3) is 5.91 Å². The van der Waals surface area contributed by atoms with Crippen LogP contribution in [0.3, 0.4) is 0 Å². The molecule has 1 aliphatic carbocycles. The van der Waals surface area contributed by atoms with Crippen LogP contribution >= 0.6 is 11.6 Å². The van der Waals surface area contributed by atoms with Gasteiger partial charge in [0.05, 0.1) is 22.7 Å². The summed E-state index contributed by atoms with van der Waals surface area (Å²) >= 11 is 6.07. The number of likely N-dealkylation sites (tertiary alicyclic amines) is 1. The van der Waals surface area contributed by atoms with E-state index in [0.29, 0.717) is 23.6 Å². The van der Waals surface area contributed by atoms with Crippen LogP contribution < -0.4 is 11.1 Å². The van der Waals surface area contributed by atoms with Gasteiger partial charge in [0.2, 0.25) is 5.91 Å². The molecule has 2 bridgehead atoms. The van der Waals surface area contributed by atoms with Gasteiger partial charge in [0.15, 0.2) is 0 Å². The number of aliphatic hydroxyl groups is 1. The summed E-state index contributed by atoms with van der Waals surface area (Å²) in [6, 6.07) is 5.47. The zero-order valence-electron chi connectivity index (χ0n) is 14.4. The number of carbonyl (C=O) groups excluding carboxylic acids is 2. The highest BCUT2D eigenvalue weighted by molar-refractivity contribution is 6.33. The summed E-state index contributed by atoms with van der Waals surface area (Å²) in [6.45, 7) is 4.28. The second kappa shape index (κ2) is 6.94. The number of hydrogen-bond acceptors (Lipinski definition) is 4. The van der Waals surface area contributed by atoms with Crippen molar-refractivity contribution in [2.24, 2.45) is 17.6 Å². The van der Waals surface area contributed by atoms with Crippen molar-refractivity contribution in [3.05, 3.63) is 34.9 Å². The third-order valence-electron chi connectivity index (χ3n) is 5.29. The summed E-state index contributed by atoms with van der Waals surface area (Å²) in [7, 11) is 0. The number of fused-ring (bicyclic) bond motifs is 2. The Morgan fingerprint density at radius 3 is 2.60 bits per heavy atom. The lowest BCUT2D eigenvalue weighted by atomic mass is 10.00. The minimum absolute atomic E-state index is 0.105. The summed E-state index contributed by atoms with van der Waals surface area (Å²) in [5.41, 5.74) is 6.47. The fourth-order valence-electron chi connectivity index (χ4n) is 3.92. The maximum atomic E-state index is 13.0. The molecule has 1 unspecified atom stereocenters. The number of nitrogens with one attached hydrogen (secondary N) is 1. The van der Waals surface area contributed by atoms with E-state index in [1.165, 1.54) is 0 Å². The van der Waals surface area contributed by atoms with Crippen molar-refractivity contribution in [3.63, 3.8) is 0 Å². The number of halogens is 1. The van der Waals surface area contributed by atoms with Gasteiger partial charge >= 0.3 is 0 Å². The van der Waals surface area contributed by atoms with E-state index in [-0.39, 0.29) is 35.7 Å². The highest BCUT2D eigenvalue weighted by Crippen LogP contribution is 2.37. The molecule has 0 spiro atoms. The number of benzene rings is 1. The number of carbonyl (C=O) groups is 2. The number of piperidine rings is 1. The molecule has 1 heterocycles. The van der Waals surface area contributed by atoms with Gasteiger partial charge in [-0.25, -0.2) is 0 Å². The average molecular weight is 366 g/mol. The van der Waals surface area contributed by atoms with E-state index in [1.807, 2.05) is 13.8 Å². The van der Waals surface area contributed by atoms with Crippen molar-refractivity contribution < 1.29 is 14.7 Å². The molecule has 2 fully saturated rings. The van der Waals surface area contributed by atoms with Crippen LogP contribution in [0.4, 0.5) is 0 Å². The molecule has 4 N–H and O–H groups in total. The number of nitrogens with two attached hydrogens (primary N) is 1. The molecule has 3 rings (SSSR count). The number of aliphatic hydroxyl groups excluding tert-OH is 1. The lowest BCUT2D eigenvalue weighted by molar-refractivity contribution is -0.138. The molecule has 1 aromatic carbocycles. The van der Waals surface area contributed by atoms with Crippen LogP contribution in [0.25, 0.3) is 0 Å². The first kappa shape index (κ1) is 18.2. The van der Waals surface area contributed by atoms with Gasteiger partial charge in [-0.2, -0.15) is 0 Å². The molecule has 5 atom stereocenters. The SMILES string of the molecule is CC(C)C(NC(=O)c1ccccc1Cl)C(=O)N1C[C@@H]2C[C@@H](O)[C@H]1[C@H]2N. The number of amides is 2. The van der Waals surface area contributed by atoms with Crippen LogP contribution in [0.2, 0.25) is 5.02 Å². The summed E-state index contributed by atoms with van der Waals surface area (Å²) in [4.78, 5) is 27.2. The topological polar surface area (TPSA) is 95.7 Å². The molecule has 0 radical (unpaired) electrons. The Balaban J connectivity index is 1.77. The van der Waals surface area contributed by atoms with Crippen molar-refractivity contribution in [1.82, 2.24) is 10.2 Å². The van der Waals surface area contributed by atoms with E-state index in [9.17, 15) is 14.7 Å². The van der Waals surface area contributed by atoms with Crippen LogP contribution in [0.15, 0.2) is 24.3 Å². The number of rotatable bonds is 4. The van der Waals surface area contributed by atoms with E-state index < -0.39 is 12.1 Å². The van der Waals surface area contributed by atoms with E-state index in [4.69, 9.17) is 17.3 Å². The van der Waals surface area contributed by atoms with Crippen LogP contribution in [0.1, 0.15) is 30.6 Å². The first-order valence-electron chi connectivity index (χ1n) is 8.60.